The molecule has 3 heteroatoms. The number of hydrogen-bond donors (Lipinski definition) is 2. The van der Waals surface area contributed by atoms with Gasteiger partial charge in [0.2, 0.25) is 0 Å². The van der Waals surface area contributed by atoms with Crippen LogP contribution in [0.25, 0.3) is 0 Å². The van der Waals surface area contributed by atoms with Crippen molar-refractivity contribution in [3.05, 3.63) is 69.5 Å². The topological polar surface area (TPSA) is 40.5 Å². The SMILES string of the molecule is CC1(O)c2ccccc2C(C)(O)c2c1cc(F)c1c2CCCC1. The Morgan fingerprint density at radius 3 is 2.09 bits per heavy atom. The molecule has 0 aromatic heterocycles. The van der Waals surface area contributed by atoms with Gasteiger partial charge in [-0.25, -0.2) is 4.39 Å². The zero-order valence-electron chi connectivity index (χ0n) is 13.5. The Bertz CT molecular complexity index is 806. The Labute approximate surface area is 135 Å². The van der Waals surface area contributed by atoms with Crippen molar-refractivity contribution >= 4 is 0 Å². The third-order valence-electron chi connectivity index (χ3n) is 5.59. The van der Waals surface area contributed by atoms with Gasteiger partial charge in [-0.05, 0) is 79.0 Å². The van der Waals surface area contributed by atoms with Crippen molar-refractivity contribution in [1.82, 2.24) is 0 Å². The first kappa shape index (κ1) is 14.9. The minimum Gasteiger partial charge on any atom is -0.381 e. The van der Waals surface area contributed by atoms with Gasteiger partial charge in [-0.2, -0.15) is 0 Å². The Balaban J connectivity index is 2.12. The minimum atomic E-state index is -1.30. The van der Waals surface area contributed by atoms with Crippen LogP contribution in [0, 0.1) is 5.82 Å². The van der Waals surface area contributed by atoms with Crippen molar-refractivity contribution in [1.29, 1.82) is 0 Å². The molecule has 2 aliphatic rings. The molecule has 0 aliphatic heterocycles. The molecule has 2 aromatic carbocycles. The fourth-order valence-electron chi connectivity index (χ4n) is 4.45. The maximum Gasteiger partial charge on any atom is 0.127 e. The molecule has 2 atom stereocenters. The molecule has 4 rings (SSSR count). The van der Waals surface area contributed by atoms with Gasteiger partial charge in [0.1, 0.15) is 17.0 Å². The summed E-state index contributed by atoms with van der Waals surface area (Å²) >= 11 is 0. The molecule has 2 aromatic rings. The lowest BCUT2D eigenvalue weighted by molar-refractivity contribution is 0.0495. The fourth-order valence-corrected chi connectivity index (χ4v) is 4.45. The van der Waals surface area contributed by atoms with Gasteiger partial charge in [-0.15, -0.1) is 0 Å². The maximum absolute atomic E-state index is 14.6. The van der Waals surface area contributed by atoms with E-state index in [-0.39, 0.29) is 5.82 Å². The quantitative estimate of drug-likeness (QED) is 0.781. The first-order chi connectivity index (χ1) is 10.8. The van der Waals surface area contributed by atoms with Gasteiger partial charge in [0.15, 0.2) is 0 Å². The molecule has 2 N–H and O–H groups in total. The smallest absolute Gasteiger partial charge is 0.127 e. The van der Waals surface area contributed by atoms with E-state index in [1.807, 2.05) is 24.3 Å². The van der Waals surface area contributed by atoms with E-state index >= 15 is 0 Å². The van der Waals surface area contributed by atoms with E-state index in [1.165, 1.54) is 6.07 Å². The van der Waals surface area contributed by atoms with Crippen molar-refractivity contribution in [3.8, 4) is 0 Å². The van der Waals surface area contributed by atoms with E-state index in [9.17, 15) is 14.6 Å². The summed E-state index contributed by atoms with van der Waals surface area (Å²) in [7, 11) is 0. The Hall–Kier alpha value is -1.71. The molecule has 23 heavy (non-hydrogen) atoms. The molecule has 0 heterocycles. The van der Waals surface area contributed by atoms with Crippen LogP contribution in [-0.4, -0.2) is 10.2 Å². The molecule has 2 aliphatic carbocycles. The summed E-state index contributed by atoms with van der Waals surface area (Å²) in [6.07, 6.45) is 3.42. The third-order valence-corrected chi connectivity index (χ3v) is 5.59. The molecular formula is C20H21FO2. The van der Waals surface area contributed by atoms with Crippen molar-refractivity contribution in [2.75, 3.05) is 0 Å². The van der Waals surface area contributed by atoms with E-state index in [2.05, 4.69) is 0 Å². The highest BCUT2D eigenvalue weighted by molar-refractivity contribution is 5.60. The van der Waals surface area contributed by atoms with Gasteiger partial charge in [-0.1, -0.05) is 24.3 Å². The second-order valence-corrected chi connectivity index (χ2v) is 7.14. The van der Waals surface area contributed by atoms with Gasteiger partial charge in [0.25, 0.3) is 0 Å². The summed E-state index contributed by atoms with van der Waals surface area (Å²) < 4.78 is 14.6. The van der Waals surface area contributed by atoms with Gasteiger partial charge in [0, 0.05) is 0 Å². The van der Waals surface area contributed by atoms with Crippen LogP contribution in [0.2, 0.25) is 0 Å². The van der Waals surface area contributed by atoms with Crippen LogP contribution in [-0.2, 0) is 24.0 Å². The third kappa shape index (κ3) is 1.87. The molecule has 0 saturated heterocycles. The minimum absolute atomic E-state index is 0.256. The maximum atomic E-state index is 14.6. The zero-order valence-corrected chi connectivity index (χ0v) is 13.5. The fraction of sp³-hybridized carbons (Fsp3) is 0.400. The summed E-state index contributed by atoms with van der Waals surface area (Å²) in [5.41, 5.74) is 1.64. The van der Waals surface area contributed by atoms with Crippen molar-refractivity contribution in [2.45, 2.75) is 50.7 Å². The number of halogens is 1. The molecule has 0 radical (unpaired) electrons. The van der Waals surface area contributed by atoms with Crippen LogP contribution in [0.5, 0.6) is 0 Å². The molecular weight excluding hydrogens is 291 g/mol. The second-order valence-electron chi connectivity index (χ2n) is 7.14. The first-order valence-corrected chi connectivity index (χ1v) is 8.25. The average molecular weight is 312 g/mol. The van der Waals surface area contributed by atoms with E-state index in [0.29, 0.717) is 34.2 Å². The summed E-state index contributed by atoms with van der Waals surface area (Å²) in [4.78, 5) is 0. The van der Waals surface area contributed by atoms with Gasteiger partial charge < -0.3 is 10.2 Å². The van der Waals surface area contributed by atoms with Gasteiger partial charge in [0.05, 0.1) is 0 Å². The summed E-state index contributed by atoms with van der Waals surface area (Å²) in [5, 5.41) is 22.5. The predicted molar refractivity (Wildman–Crippen MR) is 86.8 cm³/mol. The molecule has 0 bridgehead atoms. The van der Waals surface area contributed by atoms with Gasteiger partial charge in [-0.3, -0.25) is 0 Å². The number of rotatable bonds is 0. The Morgan fingerprint density at radius 1 is 0.870 bits per heavy atom. The molecule has 0 saturated carbocycles. The van der Waals surface area contributed by atoms with E-state index in [4.69, 9.17) is 0 Å². The molecule has 2 nitrogen and oxygen atoms in total. The van der Waals surface area contributed by atoms with Crippen LogP contribution >= 0.6 is 0 Å². The molecule has 0 spiro atoms. The molecule has 0 fully saturated rings. The largest absolute Gasteiger partial charge is 0.381 e. The predicted octanol–water partition coefficient (Wildman–Crippen LogP) is 3.53. The Kier molecular flexibility index (Phi) is 3.00. The highest BCUT2D eigenvalue weighted by atomic mass is 19.1. The van der Waals surface area contributed by atoms with Crippen LogP contribution < -0.4 is 0 Å². The van der Waals surface area contributed by atoms with Crippen LogP contribution in [0.3, 0.4) is 0 Å². The standard InChI is InChI=1S/C20H21FO2/c1-19(22)14-9-5-6-10-15(14)20(2,23)18-13-8-4-3-7-12(13)17(21)11-16(18)19/h5-6,9-11,22-23H,3-4,7-8H2,1-2H3. The lowest BCUT2D eigenvalue weighted by Crippen LogP contribution is -2.41. The first-order valence-electron chi connectivity index (χ1n) is 8.25. The highest BCUT2D eigenvalue weighted by Crippen LogP contribution is 2.50. The van der Waals surface area contributed by atoms with Crippen LogP contribution in [0.1, 0.15) is 60.1 Å². The summed E-state index contributed by atoms with van der Waals surface area (Å²) in [6.45, 7) is 3.45. The van der Waals surface area contributed by atoms with Gasteiger partial charge >= 0.3 is 0 Å². The van der Waals surface area contributed by atoms with Crippen molar-refractivity contribution in [3.63, 3.8) is 0 Å². The Morgan fingerprint density at radius 2 is 1.43 bits per heavy atom. The number of aliphatic hydroxyl groups is 2. The van der Waals surface area contributed by atoms with Crippen molar-refractivity contribution in [2.24, 2.45) is 0 Å². The number of benzene rings is 2. The summed E-state index contributed by atoms with van der Waals surface area (Å²) in [6, 6.07) is 8.80. The summed E-state index contributed by atoms with van der Waals surface area (Å²) in [5.74, 6) is -0.256. The van der Waals surface area contributed by atoms with E-state index in [1.54, 1.807) is 13.8 Å². The monoisotopic (exact) mass is 312 g/mol. The second kappa shape index (κ2) is 4.65. The molecule has 120 valence electrons. The van der Waals surface area contributed by atoms with E-state index in [0.717, 1.165) is 24.8 Å². The molecule has 2 unspecified atom stereocenters. The number of fused-ring (bicyclic) bond motifs is 4. The lowest BCUT2D eigenvalue weighted by atomic mass is 9.65. The highest BCUT2D eigenvalue weighted by Gasteiger charge is 2.46. The molecule has 0 amide bonds. The van der Waals surface area contributed by atoms with Crippen LogP contribution in [0.15, 0.2) is 30.3 Å². The lowest BCUT2D eigenvalue weighted by Gasteiger charge is -2.43. The normalized spacial score (nSPS) is 28.7. The van der Waals surface area contributed by atoms with E-state index < -0.39 is 11.2 Å². The van der Waals surface area contributed by atoms with Crippen LogP contribution in [0.4, 0.5) is 4.39 Å². The van der Waals surface area contributed by atoms with Crippen molar-refractivity contribution < 1.29 is 14.6 Å². The zero-order chi connectivity index (χ0) is 16.4. The number of hydrogen-bond acceptors (Lipinski definition) is 2. The average Bonchev–Trinajstić information content (AvgIpc) is 2.53.